The van der Waals surface area contributed by atoms with Gasteiger partial charge in [0.25, 0.3) is 5.91 Å². The molecule has 106 valence electrons. The van der Waals surface area contributed by atoms with E-state index in [0.717, 1.165) is 10.2 Å². The van der Waals surface area contributed by atoms with E-state index in [2.05, 4.69) is 17.2 Å². The summed E-state index contributed by atoms with van der Waals surface area (Å²) in [6.07, 6.45) is 6.70. The maximum atomic E-state index is 12.4. The molecule has 1 aliphatic carbocycles. The molecule has 0 radical (unpaired) electrons. The molecule has 1 unspecified atom stereocenters. The fourth-order valence-corrected chi connectivity index (χ4v) is 3.93. The van der Waals surface area contributed by atoms with Gasteiger partial charge in [0.2, 0.25) is 0 Å². The standard InChI is InChI=1S/C15H19N3OS/c1-9(10-5-2-3-6-10)18-14(19)13-12(16)11-7-4-8-17-15(11)20-13/h4,7-10H,2-3,5-6,16H2,1H3,(H,18,19). The third-order valence-electron chi connectivity index (χ3n) is 4.18. The monoisotopic (exact) mass is 289 g/mol. The molecule has 1 saturated carbocycles. The van der Waals surface area contributed by atoms with E-state index in [1.807, 2.05) is 12.1 Å². The number of aromatic nitrogens is 1. The lowest BCUT2D eigenvalue weighted by Crippen LogP contribution is -2.37. The first-order valence-corrected chi connectivity index (χ1v) is 7.92. The van der Waals surface area contributed by atoms with Crippen LogP contribution in [0.2, 0.25) is 0 Å². The van der Waals surface area contributed by atoms with Crippen LogP contribution in [0.4, 0.5) is 5.69 Å². The van der Waals surface area contributed by atoms with Crippen molar-refractivity contribution in [3.63, 3.8) is 0 Å². The molecule has 1 aliphatic rings. The Hall–Kier alpha value is -1.62. The molecule has 5 heteroatoms. The van der Waals surface area contributed by atoms with Crippen LogP contribution in [0.5, 0.6) is 0 Å². The molecule has 0 aliphatic heterocycles. The second kappa shape index (κ2) is 5.40. The molecule has 0 saturated heterocycles. The third-order valence-corrected chi connectivity index (χ3v) is 5.30. The Morgan fingerprint density at radius 1 is 1.50 bits per heavy atom. The molecule has 0 bridgehead atoms. The van der Waals surface area contributed by atoms with E-state index in [1.54, 1.807) is 6.20 Å². The van der Waals surface area contributed by atoms with Crippen molar-refractivity contribution < 1.29 is 4.79 Å². The Kier molecular flexibility index (Phi) is 3.61. The van der Waals surface area contributed by atoms with E-state index in [9.17, 15) is 4.79 Å². The van der Waals surface area contributed by atoms with Crippen molar-refractivity contribution in [3.05, 3.63) is 23.2 Å². The Balaban J connectivity index is 1.80. The van der Waals surface area contributed by atoms with Gasteiger partial charge in [0.1, 0.15) is 9.71 Å². The van der Waals surface area contributed by atoms with E-state index in [4.69, 9.17) is 5.73 Å². The number of hydrogen-bond acceptors (Lipinski definition) is 4. The number of nitrogens with two attached hydrogens (primary N) is 1. The lowest BCUT2D eigenvalue weighted by Gasteiger charge is -2.20. The van der Waals surface area contributed by atoms with Gasteiger partial charge in [-0.25, -0.2) is 4.98 Å². The van der Waals surface area contributed by atoms with Crippen molar-refractivity contribution in [2.45, 2.75) is 38.6 Å². The van der Waals surface area contributed by atoms with Crippen molar-refractivity contribution >= 4 is 33.1 Å². The normalized spacial score (nSPS) is 17.4. The second-order valence-electron chi connectivity index (χ2n) is 5.51. The second-order valence-corrected chi connectivity index (χ2v) is 6.51. The molecular weight excluding hydrogens is 270 g/mol. The number of nitrogen functional groups attached to an aromatic ring is 1. The van der Waals surface area contributed by atoms with Gasteiger partial charge >= 0.3 is 0 Å². The summed E-state index contributed by atoms with van der Waals surface area (Å²) < 4.78 is 0. The summed E-state index contributed by atoms with van der Waals surface area (Å²) >= 11 is 1.37. The SMILES string of the molecule is CC(NC(=O)c1sc2ncccc2c1N)C1CCCC1. The van der Waals surface area contributed by atoms with Crippen LogP contribution in [0, 0.1) is 5.92 Å². The molecule has 3 N–H and O–H groups in total. The van der Waals surface area contributed by atoms with E-state index in [1.165, 1.54) is 37.0 Å². The average molecular weight is 289 g/mol. The lowest BCUT2D eigenvalue weighted by molar-refractivity contribution is 0.0932. The Morgan fingerprint density at radius 3 is 2.95 bits per heavy atom. The number of fused-ring (bicyclic) bond motifs is 1. The first-order chi connectivity index (χ1) is 9.66. The molecule has 2 aromatic heterocycles. The van der Waals surface area contributed by atoms with Crippen molar-refractivity contribution in [2.24, 2.45) is 5.92 Å². The molecular formula is C15H19N3OS. The van der Waals surface area contributed by atoms with Crippen LogP contribution in [0.1, 0.15) is 42.3 Å². The quantitative estimate of drug-likeness (QED) is 0.911. The predicted molar refractivity (Wildman–Crippen MR) is 82.9 cm³/mol. The van der Waals surface area contributed by atoms with Gasteiger partial charge in [0.15, 0.2) is 0 Å². The fourth-order valence-electron chi connectivity index (χ4n) is 2.97. The minimum Gasteiger partial charge on any atom is -0.397 e. The van der Waals surface area contributed by atoms with Crippen molar-refractivity contribution in [1.29, 1.82) is 0 Å². The van der Waals surface area contributed by atoms with Gasteiger partial charge in [-0.15, -0.1) is 11.3 Å². The highest BCUT2D eigenvalue weighted by atomic mass is 32.1. The number of nitrogens with one attached hydrogen (secondary N) is 1. The highest BCUT2D eigenvalue weighted by molar-refractivity contribution is 7.21. The van der Waals surface area contributed by atoms with Crippen LogP contribution in [0.3, 0.4) is 0 Å². The van der Waals surface area contributed by atoms with Crippen LogP contribution in [0.25, 0.3) is 10.2 Å². The van der Waals surface area contributed by atoms with Gasteiger partial charge in [0, 0.05) is 17.6 Å². The van der Waals surface area contributed by atoms with E-state index in [-0.39, 0.29) is 11.9 Å². The number of carbonyl (C=O) groups excluding carboxylic acids is 1. The lowest BCUT2D eigenvalue weighted by atomic mass is 10.00. The molecule has 1 atom stereocenters. The van der Waals surface area contributed by atoms with Gasteiger partial charge in [-0.1, -0.05) is 12.8 Å². The Morgan fingerprint density at radius 2 is 2.25 bits per heavy atom. The molecule has 20 heavy (non-hydrogen) atoms. The number of amides is 1. The number of hydrogen-bond donors (Lipinski definition) is 2. The van der Waals surface area contributed by atoms with Crippen molar-refractivity contribution in [3.8, 4) is 0 Å². The summed E-state index contributed by atoms with van der Waals surface area (Å²) in [5.74, 6) is 0.539. The van der Waals surface area contributed by atoms with Crippen LogP contribution in [0.15, 0.2) is 18.3 Å². The third kappa shape index (κ3) is 2.38. The topological polar surface area (TPSA) is 68.0 Å². The zero-order valence-electron chi connectivity index (χ0n) is 11.6. The number of pyridine rings is 1. The van der Waals surface area contributed by atoms with Crippen molar-refractivity contribution in [2.75, 3.05) is 5.73 Å². The minimum atomic E-state index is -0.0649. The molecule has 0 spiro atoms. The minimum absolute atomic E-state index is 0.0649. The molecule has 2 aromatic rings. The van der Waals surface area contributed by atoms with Gasteiger partial charge < -0.3 is 11.1 Å². The Labute approximate surface area is 122 Å². The van der Waals surface area contributed by atoms with E-state index in [0.29, 0.717) is 16.5 Å². The van der Waals surface area contributed by atoms with E-state index < -0.39 is 0 Å². The fraction of sp³-hybridized carbons (Fsp3) is 0.467. The maximum absolute atomic E-state index is 12.4. The summed E-state index contributed by atoms with van der Waals surface area (Å²) in [5.41, 5.74) is 6.63. The summed E-state index contributed by atoms with van der Waals surface area (Å²) in [6.45, 7) is 2.09. The zero-order valence-corrected chi connectivity index (χ0v) is 12.4. The number of thiophene rings is 1. The molecule has 1 fully saturated rings. The van der Waals surface area contributed by atoms with Gasteiger partial charge in [0.05, 0.1) is 5.69 Å². The Bertz CT molecular complexity index is 631. The summed E-state index contributed by atoms with van der Waals surface area (Å²) in [7, 11) is 0. The maximum Gasteiger partial charge on any atom is 0.263 e. The number of rotatable bonds is 3. The summed E-state index contributed by atoms with van der Waals surface area (Å²) in [5, 5.41) is 3.98. The van der Waals surface area contributed by atoms with Crippen LogP contribution >= 0.6 is 11.3 Å². The van der Waals surface area contributed by atoms with Crippen LogP contribution < -0.4 is 11.1 Å². The molecule has 0 aromatic carbocycles. The van der Waals surface area contributed by atoms with Crippen molar-refractivity contribution in [1.82, 2.24) is 10.3 Å². The largest absolute Gasteiger partial charge is 0.397 e. The first kappa shape index (κ1) is 13.4. The molecule has 4 nitrogen and oxygen atoms in total. The highest BCUT2D eigenvalue weighted by Gasteiger charge is 2.25. The smallest absolute Gasteiger partial charge is 0.263 e. The average Bonchev–Trinajstić information content (AvgIpc) is 3.07. The molecule has 3 rings (SSSR count). The van der Waals surface area contributed by atoms with Gasteiger partial charge in [-0.3, -0.25) is 4.79 Å². The molecule has 1 amide bonds. The molecule has 2 heterocycles. The zero-order chi connectivity index (χ0) is 14.1. The van der Waals surface area contributed by atoms with Crippen LogP contribution in [-0.4, -0.2) is 16.9 Å². The van der Waals surface area contributed by atoms with Crippen LogP contribution in [-0.2, 0) is 0 Å². The predicted octanol–water partition coefficient (Wildman–Crippen LogP) is 3.19. The van der Waals surface area contributed by atoms with Gasteiger partial charge in [-0.2, -0.15) is 0 Å². The van der Waals surface area contributed by atoms with Gasteiger partial charge in [-0.05, 0) is 37.8 Å². The number of carbonyl (C=O) groups is 1. The number of nitrogens with zero attached hydrogens (tertiary/aromatic N) is 1. The highest BCUT2D eigenvalue weighted by Crippen LogP contribution is 2.32. The summed E-state index contributed by atoms with van der Waals surface area (Å²) in [4.78, 5) is 18.1. The summed E-state index contributed by atoms with van der Waals surface area (Å²) in [6, 6.07) is 3.96. The number of anilines is 1. The first-order valence-electron chi connectivity index (χ1n) is 7.10. The van der Waals surface area contributed by atoms with E-state index >= 15 is 0 Å².